The van der Waals surface area contributed by atoms with Gasteiger partial charge in [-0.05, 0) is 35.9 Å². The van der Waals surface area contributed by atoms with Crippen molar-refractivity contribution < 1.29 is 4.74 Å². The van der Waals surface area contributed by atoms with E-state index in [-0.39, 0.29) is 12.1 Å². The van der Waals surface area contributed by atoms with Crippen molar-refractivity contribution >= 4 is 34.8 Å². The Labute approximate surface area is 132 Å². The van der Waals surface area contributed by atoms with Gasteiger partial charge in [0.1, 0.15) is 11.9 Å². The number of ether oxygens (including phenoxy) is 1. The van der Waals surface area contributed by atoms with Crippen LogP contribution in [-0.2, 0) is 0 Å². The van der Waals surface area contributed by atoms with Crippen molar-refractivity contribution in [3.63, 3.8) is 0 Å². The topological polar surface area (TPSA) is 35.2 Å². The van der Waals surface area contributed by atoms with E-state index in [4.69, 9.17) is 45.3 Å². The fraction of sp³-hybridized carbons (Fsp3) is 0.200. The van der Waals surface area contributed by atoms with Crippen LogP contribution in [0.3, 0.4) is 0 Å². The van der Waals surface area contributed by atoms with Gasteiger partial charge in [-0.2, -0.15) is 0 Å². The Kier molecular flexibility index (Phi) is 3.83. The first-order chi connectivity index (χ1) is 9.54. The molecule has 20 heavy (non-hydrogen) atoms. The van der Waals surface area contributed by atoms with Crippen molar-refractivity contribution in [1.82, 2.24) is 0 Å². The predicted molar refractivity (Wildman–Crippen MR) is 82.8 cm³/mol. The summed E-state index contributed by atoms with van der Waals surface area (Å²) in [4.78, 5) is 0. The normalized spacial score (nSPS) is 21.2. The molecular formula is C15H12Cl3NO. The zero-order valence-corrected chi connectivity index (χ0v) is 12.7. The highest BCUT2D eigenvalue weighted by molar-refractivity contribution is 6.42. The van der Waals surface area contributed by atoms with Crippen LogP contribution < -0.4 is 10.5 Å². The maximum absolute atomic E-state index is 6.21. The van der Waals surface area contributed by atoms with Crippen LogP contribution in [-0.4, -0.2) is 0 Å². The van der Waals surface area contributed by atoms with E-state index in [2.05, 4.69) is 0 Å². The Morgan fingerprint density at radius 2 is 1.80 bits per heavy atom. The van der Waals surface area contributed by atoms with Crippen LogP contribution in [0.4, 0.5) is 0 Å². The number of halogens is 3. The van der Waals surface area contributed by atoms with Gasteiger partial charge >= 0.3 is 0 Å². The van der Waals surface area contributed by atoms with Gasteiger partial charge in [-0.1, -0.05) is 40.9 Å². The molecule has 3 rings (SSSR count). The van der Waals surface area contributed by atoms with E-state index in [1.807, 2.05) is 24.3 Å². The number of fused-ring (bicyclic) bond motifs is 1. The fourth-order valence-electron chi connectivity index (χ4n) is 2.39. The quantitative estimate of drug-likeness (QED) is 0.783. The first-order valence-electron chi connectivity index (χ1n) is 6.21. The molecule has 0 aromatic heterocycles. The highest BCUT2D eigenvalue weighted by atomic mass is 35.5. The lowest BCUT2D eigenvalue weighted by molar-refractivity contribution is 0.161. The van der Waals surface area contributed by atoms with E-state index < -0.39 is 0 Å². The molecule has 0 aliphatic carbocycles. The molecule has 0 fully saturated rings. The van der Waals surface area contributed by atoms with E-state index >= 15 is 0 Å². The zero-order valence-electron chi connectivity index (χ0n) is 10.4. The molecule has 0 saturated heterocycles. The largest absolute Gasteiger partial charge is 0.485 e. The van der Waals surface area contributed by atoms with Crippen LogP contribution in [0.5, 0.6) is 5.75 Å². The third-order valence-corrected chi connectivity index (χ3v) is 4.40. The van der Waals surface area contributed by atoms with Crippen LogP contribution >= 0.6 is 34.8 Å². The summed E-state index contributed by atoms with van der Waals surface area (Å²) in [6.45, 7) is 0. The van der Waals surface area contributed by atoms with Gasteiger partial charge in [0.05, 0.1) is 10.0 Å². The second-order valence-electron chi connectivity index (χ2n) is 4.80. The number of benzene rings is 2. The third-order valence-electron chi connectivity index (χ3n) is 3.42. The number of hydrogen-bond acceptors (Lipinski definition) is 2. The lowest BCUT2D eigenvalue weighted by atomic mass is 9.93. The number of rotatable bonds is 1. The van der Waals surface area contributed by atoms with Gasteiger partial charge in [0.15, 0.2) is 0 Å². The molecule has 0 amide bonds. The molecule has 0 radical (unpaired) electrons. The minimum Gasteiger partial charge on any atom is -0.485 e. The Hall–Kier alpha value is -0.930. The summed E-state index contributed by atoms with van der Waals surface area (Å²) in [5.41, 5.74) is 8.12. The molecule has 2 aromatic carbocycles. The van der Waals surface area contributed by atoms with Crippen LogP contribution in [0, 0.1) is 0 Å². The van der Waals surface area contributed by atoms with Crippen molar-refractivity contribution in [2.75, 3.05) is 0 Å². The van der Waals surface area contributed by atoms with E-state index in [0.29, 0.717) is 21.5 Å². The highest BCUT2D eigenvalue weighted by Crippen LogP contribution is 2.41. The average molecular weight is 329 g/mol. The molecule has 2 N–H and O–H groups in total. The highest BCUT2D eigenvalue weighted by Gasteiger charge is 2.27. The predicted octanol–water partition coefficient (Wildman–Crippen LogP) is 5.17. The van der Waals surface area contributed by atoms with Gasteiger partial charge < -0.3 is 10.5 Å². The molecule has 2 aromatic rings. The van der Waals surface area contributed by atoms with Crippen LogP contribution in [0.1, 0.15) is 29.7 Å². The van der Waals surface area contributed by atoms with Gasteiger partial charge in [-0.15, -0.1) is 0 Å². The molecule has 2 nitrogen and oxygen atoms in total. The molecule has 0 bridgehead atoms. The maximum atomic E-state index is 6.21. The van der Waals surface area contributed by atoms with Gasteiger partial charge in [0.2, 0.25) is 0 Å². The molecule has 0 spiro atoms. The summed E-state index contributed by atoms with van der Waals surface area (Å²) in [7, 11) is 0. The fourth-order valence-corrected chi connectivity index (χ4v) is 2.88. The standard InChI is InChI=1S/C15H12Cl3NO/c16-9-2-4-14-10(6-9)13(19)7-15(20-14)8-1-3-11(17)12(18)5-8/h1-6,13,15H,7,19H2/t13-,15?/m1/s1. The third kappa shape index (κ3) is 2.61. The van der Waals surface area contributed by atoms with Crippen molar-refractivity contribution in [3.05, 3.63) is 62.6 Å². The lowest BCUT2D eigenvalue weighted by Crippen LogP contribution is -2.24. The summed E-state index contributed by atoms with van der Waals surface area (Å²) in [5.74, 6) is 0.768. The average Bonchev–Trinajstić information content (AvgIpc) is 2.42. The van der Waals surface area contributed by atoms with Crippen LogP contribution in [0.15, 0.2) is 36.4 Å². The van der Waals surface area contributed by atoms with Gasteiger partial charge in [0.25, 0.3) is 0 Å². The molecule has 1 aliphatic heterocycles. The summed E-state index contributed by atoms with van der Waals surface area (Å²) < 4.78 is 6.00. The van der Waals surface area contributed by atoms with Crippen molar-refractivity contribution in [2.45, 2.75) is 18.6 Å². The molecule has 0 saturated carbocycles. The first-order valence-corrected chi connectivity index (χ1v) is 7.34. The molecular weight excluding hydrogens is 317 g/mol. The Bertz CT molecular complexity index is 660. The Morgan fingerprint density at radius 3 is 2.55 bits per heavy atom. The van der Waals surface area contributed by atoms with E-state index in [1.54, 1.807) is 12.1 Å². The molecule has 104 valence electrons. The smallest absolute Gasteiger partial charge is 0.126 e. The summed E-state index contributed by atoms with van der Waals surface area (Å²) in [6.07, 6.45) is 0.541. The zero-order chi connectivity index (χ0) is 14.3. The molecule has 2 atom stereocenters. The van der Waals surface area contributed by atoms with Gasteiger partial charge in [-0.3, -0.25) is 0 Å². The number of hydrogen-bond donors (Lipinski definition) is 1. The minimum absolute atomic E-state index is 0.114. The molecule has 5 heteroatoms. The minimum atomic E-state index is -0.131. The SMILES string of the molecule is N[C@@H]1CC(c2ccc(Cl)c(Cl)c2)Oc2ccc(Cl)cc21. The Balaban J connectivity index is 1.94. The molecule has 1 heterocycles. The second-order valence-corrected chi connectivity index (χ2v) is 6.06. The molecule has 1 unspecified atom stereocenters. The van der Waals surface area contributed by atoms with Crippen molar-refractivity contribution in [3.8, 4) is 5.75 Å². The molecule has 1 aliphatic rings. The van der Waals surface area contributed by atoms with E-state index in [0.717, 1.165) is 16.9 Å². The summed E-state index contributed by atoms with van der Waals surface area (Å²) in [5, 5.41) is 1.71. The van der Waals surface area contributed by atoms with Crippen molar-refractivity contribution in [2.24, 2.45) is 5.73 Å². The van der Waals surface area contributed by atoms with Crippen LogP contribution in [0.2, 0.25) is 15.1 Å². The van der Waals surface area contributed by atoms with Gasteiger partial charge in [0, 0.05) is 23.0 Å². The summed E-state index contributed by atoms with van der Waals surface area (Å²) >= 11 is 18.0. The van der Waals surface area contributed by atoms with Crippen LogP contribution in [0.25, 0.3) is 0 Å². The monoisotopic (exact) mass is 327 g/mol. The Morgan fingerprint density at radius 1 is 1.00 bits per heavy atom. The van der Waals surface area contributed by atoms with Gasteiger partial charge in [-0.25, -0.2) is 0 Å². The van der Waals surface area contributed by atoms with E-state index in [1.165, 1.54) is 0 Å². The van der Waals surface area contributed by atoms with E-state index in [9.17, 15) is 0 Å². The van der Waals surface area contributed by atoms with Crippen molar-refractivity contribution in [1.29, 1.82) is 0 Å². The maximum Gasteiger partial charge on any atom is 0.126 e. The lowest BCUT2D eigenvalue weighted by Gasteiger charge is -2.30. The summed E-state index contributed by atoms with van der Waals surface area (Å²) in [6, 6.07) is 10.9. The first kappa shape index (κ1) is 14.0. The number of nitrogens with two attached hydrogens (primary N) is 1. The second kappa shape index (κ2) is 5.45.